The van der Waals surface area contributed by atoms with E-state index in [4.69, 9.17) is 0 Å². The van der Waals surface area contributed by atoms with Gasteiger partial charge in [-0.2, -0.15) is 0 Å². The van der Waals surface area contributed by atoms with Gasteiger partial charge in [-0.05, 0) is 64.8 Å². The first-order chi connectivity index (χ1) is 7.65. The zero-order valence-electron chi connectivity index (χ0n) is 10.0. The molecule has 2 aliphatic rings. The molecule has 2 aliphatic heterocycles. The molecule has 0 spiro atoms. The van der Waals surface area contributed by atoms with Crippen molar-refractivity contribution in [3.63, 3.8) is 0 Å². The van der Waals surface area contributed by atoms with Crippen molar-refractivity contribution in [2.24, 2.45) is 11.3 Å². The number of nitrogens with zero attached hydrogens (tertiary/aromatic N) is 1. The van der Waals surface area contributed by atoms with E-state index in [2.05, 4.69) is 17.3 Å². The van der Waals surface area contributed by atoms with Gasteiger partial charge < -0.3 is 15.3 Å². The van der Waals surface area contributed by atoms with Gasteiger partial charge in [0.15, 0.2) is 0 Å². The molecule has 0 atom stereocenters. The van der Waals surface area contributed by atoms with Crippen LogP contribution in [0.25, 0.3) is 0 Å². The van der Waals surface area contributed by atoms with Crippen molar-refractivity contribution in [3.8, 4) is 0 Å². The van der Waals surface area contributed by atoms with Gasteiger partial charge in [-0.25, -0.2) is 0 Å². The number of carboxylic acids is 1. The van der Waals surface area contributed by atoms with Gasteiger partial charge in [0.25, 0.3) is 0 Å². The molecule has 2 N–H and O–H groups in total. The molecule has 0 aromatic carbocycles. The third-order valence-electron chi connectivity index (χ3n) is 4.43. The molecule has 4 nitrogen and oxygen atoms in total. The number of nitrogens with one attached hydrogen (secondary N) is 1. The lowest BCUT2D eigenvalue weighted by atomic mass is 9.65. The van der Waals surface area contributed by atoms with Crippen molar-refractivity contribution in [2.75, 3.05) is 33.2 Å². The van der Waals surface area contributed by atoms with E-state index in [1.807, 2.05) is 0 Å². The lowest BCUT2D eigenvalue weighted by Crippen LogP contribution is -2.50. The molecule has 2 rings (SSSR count). The van der Waals surface area contributed by atoms with Gasteiger partial charge in [0.05, 0.1) is 5.41 Å². The molecule has 0 unspecified atom stereocenters. The summed E-state index contributed by atoms with van der Waals surface area (Å²) in [5, 5.41) is 12.9. The summed E-state index contributed by atoms with van der Waals surface area (Å²) in [6, 6.07) is 0. The van der Waals surface area contributed by atoms with E-state index in [1.54, 1.807) is 0 Å². The highest BCUT2D eigenvalue weighted by molar-refractivity contribution is 5.75. The first-order valence-electron chi connectivity index (χ1n) is 6.28. The van der Waals surface area contributed by atoms with E-state index in [9.17, 15) is 9.90 Å². The second kappa shape index (κ2) is 4.72. The van der Waals surface area contributed by atoms with Crippen LogP contribution in [0.15, 0.2) is 0 Å². The molecular formula is C12H22N2O2. The summed E-state index contributed by atoms with van der Waals surface area (Å²) in [5.74, 6) is -0.188. The van der Waals surface area contributed by atoms with Gasteiger partial charge in [0.1, 0.15) is 0 Å². The van der Waals surface area contributed by atoms with E-state index in [-0.39, 0.29) is 0 Å². The topological polar surface area (TPSA) is 52.6 Å². The molecular weight excluding hydrogens is 204 g/mol. The van der Waals surface area contributed by atoms with E-state index >= 15 is 0 Å². The molecule has 0 radical (unpaired) electrons. The van der Waals surface area contributed by atoms with Crippen molar-refractivity contribution in [2.45, 2.75) is 25.7 Å². The monoisotopic (exact) mass is 226 g/mol. The van der Waals surface area contributed by atoms with E-state index in [1.165, 1.54) is 0 Å². The van der Waals surface area contributed by atoms with Crippen LogP contribution in [-0.2, 0) is 4.79 Å². The highest BCUT2D eigenvalue weighted by Crippen LogP contribution is 2.43. The molecule has 0 saturated carbocycles. The highest BCUT2D eigenvalue weighted by atomic mass is 16.4. The van der Waals surface area contributed by atoms with Crippen molar-refractivity contribution < 1.29 is 9.90 Å². The van der Waals surface area contributed by atoms with Gasteiger partial charge >= 0.3 is 5.97 Å². The van der Waals surface area contributed by atoms with Crippen LogP contribution in [0, 0.1) is 11.3 Å². The number of likely N-dealkylation sites (tertiary alicyclic amines) is 1. The van der Waals surface area contributed by atoms with Crippen LogP contribution in [0.5, 0.6) is 0 Å². The Morgan fingerprint density at radius 2 is 1.88 bits per heavy atom. The molecule has 0 aliphatic carbocycles. The summed E-state index contributed by atoms with van der Waals surface area (Å²) < 4.78 is 0. The summed E-state index contributed by atoms with van der Waals surface area (Å²) in [7, 11) is 2.08. The average molecular weight is 226 g/mol. The van der Waals surface area contributed by atoms with Gasteiger partial charge in [-0.15, -0.1) is 0 Å². The first kappa shape index (κ1) is 11.9. The maximum Gasteiger partial charge on any atom is 0.310 e. The minimum atomic E-state index is -0.562. The Morgan fingerprint density at radius 3 is 2.38 bits per heavy atom. The Balaban J connectivity index is 2.11. The Labute approximate surface area is 97.0 Å². The largest absolute Gasteiger partial charge is 0.481 e. The molecule has 0 amide bonds. The Kier molecular flexibility index (Phi) is 3.50. The molecule has 0 aromatic heterocycles. The van der Waals surface area contributed by atoms with Gasteiger partial charge in [-0.1, -0.05) is 0 Å². The Bertz CT molecular complexity index is 254. The van der Waals surface area contributed by atoms with Gasteiger partial charge in [-0.3, -0.25) is 4.79 Å². The first-order valence-corrected chi connectivity index (χ1v) is 6.28. The summed E-state index contributed by atoms with van der Waals surface area (Å²) in [4.78, 5) is 13.9. The zero-order valence-corrected chi connectivity index (χ0v) is 10.0. The third-order valence-corrected chi connectivity index (χ3v) is 4.43. The van der Waals surface area contributed by atoms with E-state index in [0.717, 1.165) is 51.9 Å². The summed E-state index contributed by atoms with van der Waals surface area (Å²) in [6.07, 6.45) is 3.69. The quantitative estimate of drug-likeness (QED) is 0.730. The van der Waals surface area contributed by atoms with Crippen molar-refractivity contribution in [1.29, 1.82) is 0 Å². The normalized spacial score (nSPS) is 27.8. The van der Waals surface area contributed by atoms with Crippen molar-refractivity contribution in [3.05, 3.63) is 0 Å². The van der Waals surface area contributed by atoms with Crippen LogP contribution in [0.1, 0.15) is 25.7 Å². The molecule has 2 heterocycles. The zero-order chi connectivity index (χ0) is 11.6. The maximum absolute atomic E-state index is 11.6. The second-order valence-corrected chi connectivity index (χ2v) is 5.29. The predicted octanol–water partition coefficient (Wildman–Crippen LogP) is 0.783. The number of rotatable bonds is 2. The molecule has 16 heavy (non-hydrogen) atoms. The predicted molar refractivity (Wildman–Crippen MR) is 62.4 cm³/mol. The fourth-order valence-electron chi connectivity index (χ4n) is 3.19. The van der Waals surface area contributed by atoms with Crippen molar-refractivity contribution >= 4 is 5.97 Å². The molecule has 2 fully saturated rings. The number of carboxylic acid groups (broad SMARTS) is 1. The molecule has 0 aromatic rings. The fraction of sp³-hybridized carbons (Fsp3) is 0.917. The van der Waals surface area contributed by atoms with Crippen LogP contribution in [0.2, 0.25) is 0 Å². The summed E-state index contributed by atoms with van der Waals surface area (Å²) in [6.45, 7) is 3.82. The van der Waals surface area contributed by atoms with Crippen molar-refractivity contribution in [1.82, 2.24) is 10.2 Å². The smallest absolute Gasteiger partial charge is 0.310 e. The van der Waals surface area contributed by atoms with Crippen LogP contribution in [0.3, 0.4) is 0 Å². The van der Waals surface area contributed by atoms with Crippen LogP contribution >= 0.6 is 0 Å². The number of piperidine rings is 2. The van der Waals surface area contributed by atoms with E-state index in [0.29, 0.717) is 5.92 Å². The fourth-order valence-corrected chi connectivity index (χ4v) is 3.19. The standard InChI is InChI=1S/C12H22N2O2/c1-14-8-4-12(5-9-14,11(15)16)10-2-6-13-7-3-10/h10,13H,2-9H2,1H3,(H,15,16). The van der Waals surface area contributed by atoms with Gasteiger partial charge in [0, 0.05) is 0 Å². The summed E-state index contributed by atoms with van der Waals surface area (Å²) >= 11 is 0. The Morgan fingerprint density at radius 1 is 1.31 bits per heavy atom. The number of hydrogen-bond acceptors (Lipinski definition) is 3. The van der Waals surface area contributed by atoms with Crippen LogP contribution < -0.4 is 5.32 Å². The van der Waals surface area contributed by atoms with Crippen LogP contribution in [0.4, 0.5) is 0 Å². The SMILES string of the molecule is CN1CCC(C(=O)O)(C2CCNCC2)CC1. The average Bonchev–Trinajstić information content (AvgIpc) is 2.31. The van der Waals surface area contributed by atoms with E-state index < -0.39 is 11.4 Å². The molecule has 2 saturated heterocycles. The number of hydrogen-bond donors (Lipinski definition) is 2. The molecule has 92 valence electrons. The molecule has 0 bridgehead atoms. The minimum absolute atomic E-state index is 0.375. The minimum Gasteiger partial charge on any atom is -0.481 e. The number of aliphatic carboxylic acids is 1. The van der Waals surface area contributed by atoms with Crippen LogP contribution in [-0.4, -0.2) is 49.2 Å². The molecule has 4 heteroatoms. The maximum atomic E-state index is 11.6. The highest BCUT2D eigenvalue weighted by Gasteiger charge is 2.47. The lowest BCUT2D eigenvalue weighted by molar-refractivity contribution is -0.157. The Hall–Kier alpha value is -0.610. The second-order valence-electron chi connectivity index (χ2n) is 5.29. The summed E-state index contributed by atoms with van der Waals surface area (Å²) in [5.41, 5.74) is -0.436. The third kappa shape index (κ3) is 2.09. The van der Waals surface area contributed by atoms with Gasteiger partial charge in [0.2, 0.25) is 0 Å². The lowest BCUT2D eigenvalue weighted by Gasteiger charge is -2.44. The number of carbonyl (C=O) groups is 1.